The molecule has 0 saturated carbocycles. The summed E-state index contributed by atoms with van der Waals surface area (Å²) in [6.07, 6.45) is 7.61. The molecule has 0 aliphatic heterocycles. The van der Waals surface area contributed by atoms with Crippen molar-refractivity contribution >= 4 is 50.0 Å². The maximum absolute atomic E-state index is 2.51. The van der Waals surface area contributed by atoms with Gasteiger partial charge in [-0.05, 0) is 170 Å². The third-order valence-corrected chi connectivity index (χ3v) is 12.5. The van der Waals surface area contributed by atoms with Crippen LogP contribution in [0.3, 0.4) is 0 Å². The van der Waals surface area contributed by atoms with Crippen LogP contribution in [0.1, 0.15) is 42.5 Å². The lowest BCUT2D eigenvalue weighted by Gasteiger charge is -2.31. The van der Waals surface area contributed by atoms with Crippen LogP contribution < -0.4 is 9.80 Å². The van der Waals surface area contributed by atoms with Crippen LogP contribution in [0.15, 0.2) is 224 Å². The molecule has 11 rings (SSSR count). The molecule has 2 nitrogen and oxygen atoms in total. The summed E-state index contributed by atoms with van der Waals surface area (Å²) >= 11 is 0. The van der Waals surface area contributed by atoms with E-state index in [2.05, 4.69) is 242 Å². The van der Waals surface area contributed by atoms with Crippen LogP contribution >= 0.6 is 0 Å². The fourth-order valence-electron chi connectivity index (χ4n) is 10.1. The number of benzene rings is 9. The average Bonchev–Trinajstić information content (AvgIpc) is 3.75. The normalized spacial score (nSPS) is 13.4. The molecule has 0 bridgehead atoms. The van der Waals surface area contributed by atoms with E-state index in [-0.39, 0.29) is 0 Å². The Balaban J connectivity index is 1.16. The minimum absolute atomic E-state index is 0.484. The molecule has 0 fully saturated rings. The largest absolute Gasteiger partial charge is 0.311 e. The van der Waals surface area contributed by atoms with Crippen molar-refractivity contribution < 1.29 is 0 Å². The van der Waals surface area contributed by atoms with Gasteiger partial charge in [0.05, 0.1) is 5.41 Å². The van der Waals surface area contributed by atoms with Gasteiger partial charge < -0.3 is 9.80 Å². The lowest BCUT2D eigenvalue weighted by molar-refractivity contribution is 0.796. The monoisotopic (exact) mass is 768 g/mol. The number of rotatable bonds is 8. The van der Waals surface area contributed by atoms with E-state index in [4.69, 9.17) is 0 Å². The fourth-order valence-corrected chi connectivity index (χ4v) is 10.1. The summed E-state index contributed by atoms with van der Waals surface area (Å²) in [4.78, 5) is 4.75. The van der Waals surface area contributed by atoms with Crippen LogP contribution in [0.25, 0.3) is 43.8 Å². The van der Waals surface area contributed by atoms with Gasteiger partial charge in [0, 0.05) is 34.1 Å². The highest BCUT2D eigenvalue weighted by atomic mass is 15.1. The summed E-state index contributed by atoms with van der Waals surface area (Å²) in [5, 5.41) is 4.92. The van der Waals surface area contributed by atoms with E-state index in [1.54, 1.807) is 0 Å². The molecular formula is C58H44N2. The van der Waals surface area contributed by atoms with Gasteiger partial charge in [-0.1, -0.05) is 134 Å². The maximum atomic E-state index is 2.51. The Labute approximate surface area is 352 Å². The van der Waals surface area contributed by atoms with Crippen molar-refractivity contribution in [2.24, 2.45) is 0 Å². The highest BCUT2D eigenvalue weighted by molar-refractivity contribution is 6.04. The predicted molar refractivity (Wildman–Crippen MR) is 254 cm³/mol. The molecule has 1 spiro atoms. The maximum Gasteiger partial charge on any atom is 0.0725 e. The molecule has 9 aromatic rings. The summed E-state index contributed by atoms with van der Waals surface area (Å²) in [5.74, 6) is 0. The zero-order chi connectivity index (χ0) is 40.2. The summed E-state index contributed by atoms with van der Waals surface area (Å²) < 4.78 is 0. The van der Waals surface area contributed by atoms with Gasteiger partial charge in [0.15, 0.2) is 0 Å². The second-order valence-corrected chi connectivity index (χ2v) is 15.9. The van der Waals surface area contributed by atoms with Crippen LogP contribution in [0.4, 0.5) is 28.4 Å². The Morgan fingerprint density at radius 1 is 0.417 bits per heavy atom. The molecule has 60 heavy (non-hydrogen) atoms. The van der Waals surface area contributed by atoms with Crippen LogP contribution in [0, 0.1) is 0 Å². The van der Waals surface area contributed by atoms with Crippen molar-refractivity contribution in [2.45, 2.75) is 25.7 Å². The summed E-state index contributed by atoms with van der Waals surface area (Å²) in [5.41, 5.74) is 17.0. The Morgan fingerprint density at radius 2 is 0.883 bits per heavy atom. The highest BCUT2D eigenvalue weighted by Crippen LogP contribution is 2.63. The van der Waals surface area contributed by atoms with Gasteiger partial charge in [0.2, 0.25) is 0 Å². The Hall–Kier alpha value is -7.42. The summed E-state index contributed by atoms with van der Waals surface area (Å²) in [6, 6.07) is 74.2. The van der Waals surface area contributed by atoms with Crippen LogP contribution in [0.2, 0.25) is 0 Å². The number of para-hydroxylation sites is 3. The van der Waals surface area contributed by atoms with E-state index in [1.165, 1.54) is 71.7 Å². The number of fused-ring (bicyclic) bond motifs is 12. The molecule has 2 heteroatoms. The van der Waals surface area contributed by atoms with Gasteiger partial charge in [-0.3, -0.25) is 0 Å². The zero-order valence-electron chi connectivity index (χ0n) is 33.9. The number of hydrogen-bond donors (Lipinski definition) is 0. The molecule has 0 atom stereocenters. The minimum Gasteiger partial charge on any atom is -0.311 e. The molecule has 0 unspecified atom stereocenters. The first kappa shape index (κ1) is 35.7. The van der Waals surface area contributed by atoms with Crippen LogP contribution in [0.5, 0.6) is 0 Å². The number of allylic oxidation sites excluding steroid dienone is 3. The van der Waals surface area contributed by atoms with Gasteiger partial charge in [0.25, 0.3) is 0 Å². The third kappa shape index (κ3) is 5.48. The van der Waals surface area contributed by atoms with E-state index in [1.807, 2.05) is 0 Å². The third-order valence-electron chi connectivity index (χ3n) is 12.5. The first-order valence-electron chi connectivity index (χ1n) is 21.1. The van der Waals surface area contributed by atoms with Crippen molar-refractivity contribution in [1.29, 1.82) is 0 Å². The van der Waals surface area contributed by atoms with E-state index >= 15 is 0 Å². The molecule has 2 aliphatic carbocycles. The zero-order valence-corrected chi connectivity index (χ0v) is 33.9. The molecule has 0 radical (unpaired) electrons. The van der Waals surface area contributed by atoms with Gasteiger partial charge >= 0.3 is 0 Å². The minimum atomic E-state index is -0.484. The first-order chi connectivity index (χ1) is 29.7. The molecule has 2 aliphatic rings. The van der Waals surface area contributed by atoms with Gasteiger partial charge in [-0.2, -0.15) is 0 Å². The lowest BCUT2D eigenvalue weighted by Crippen LogP contribution is -2.25. The summed E-state index contributed by atoms with van der Waals surface area (Å²) in [6.45, 7) is 4.30. The quantitative estimate of drug-likeness (QED) is 0.142. The topological polar surface area (TPSA) is 6.48 Å². The standard InChI is InChI=1S/C58H44N2/c1-3-18-44(19-4-2)59(45-20-8-5-9-21-45)48-32-30-40-36-52-53-37-41-31-33-49(60(46-22-10-6-11-23-46)47-24-12-7-13-25-47)35-43(41)39-57(53)58(56(52)38-42(40)34-48)54-28-16-14-26-50(54)51-27-15-17-29-55(51)58/h3,5-39H,4H2,1-2H3/b18-3-,44-19+. The summed E-state index contributed by atoms with van der Waals surface area (Å²) in [7, 11) is 0. The van der Waals surface area contributed by atoms with Gasteiger partial charge in [-0.25, -0.2) is 0 Å². The highest BCUT2D eigenvalue weighted by Gasteiger charge is 2.51. The molecule has 0 amide bonds. The van der Waals surface area contributed by atoms with Crippen molar-refractivity contribution in [3.63, 3.8) is 0 Å². The first-order valence-corrected chi connectivity index (χ1v) is 21.1. The molecule has 0 N–H and O–H groups in total. The second-order valence-electron chi connectivity index (χ2n) is 15.9. The van der Waals surface area contributed by atoms with E-state index < -0.39 is 5.41 Å². The molecule has 0 aromatic heterocycles. The number of anilines is 5. The Bertz CT molecular complexity index is 3060. The molecule has 9 aromatic carbocycles. The van der Waals surface area contributed by atoms with Crippen LogP contribution in [-0.4, -0.2) is 0 Å². The molecular weight excluding hydrogens is 725 g/mol. The fraction of sp³-hybridized carbons (Fsp3) is 0.0690. The molecule has 0 saturated heterocycles. The van der Waals surface area contributed by atoms with Crippen LogP contribution in [-0.2, 0) is 5.41 Å². The average molecular weight is 769 g/mol. The smallest absolute Gasteiger partial charge is 0.0725 e. The SMILES string of the molecule is C/C=C\C(=C/CC)N(c1ccccc1)c1ccc2cc3c(cc2c1)C1(c2ccccc2-c2ccccc21)c1cc2cc(N(c4ccccc4)c4ccccc4)ccc2cc1-3. The second kappa shape index (κ2) is 14.4. The van der Waals surface area contributed by atoms with Crippen molar-refractivity contribution in [3.8, 4) is 22.3 Å². The van der Waals surface area contributed by atoms with E-state index in [0.29, 0.717) is 0 Å². The van der Waals surface area contributed by atoms with Crippen molar-refractivity contribution in [1.82, 2.24) is 0 Å². The molecule has 0 heterocycles. The Morgan fingerprint density at radius 3 is 1.40 bits per heavy atom. The van der Waals surface area contributed by atoms with Gasteiger partial charge in [-0.15, -0.1) is 0 Å². The predicted octanol–water partition coefficient (Wildman–Crippen LogP) is 15.8. The van der Waals surface area contributed by atoms with E-state index in [9.17, 15) is 0 Å². The van der Waals surface area contributed by atoms with Crippen molar-refractivity contribution in [3.05, 3.63) is 246 Å². The van der Waals surface area contributed by atoms with Gasteiger partial charge in [0.1, 0.15) is 0 Å². The number of nitrogens with zero attached hydrogens (tertiary/aromatic N) is 2. The van der Waals surface area contributed by atoms with E-state index in [0.717, 1.165) is 34.9 Å². The van der Waals surface area contributed by atoms with Crippen molar-refractivity contribution in [2.75, 3.05) is 9.80 Å². The Kier molecular flexibility index (Phi) is 8.60. The lowest BCUT2D eigenvalue weighted by atomic mass is 9.70. The molecule has 286 valence electrons. The number of hydrogen-bond acceptors (Lipinski definition) is 2.